The Kier molecular flexibility index (Phi) is 4.75. The number of amides is 1. The second-order valence-electron chi connectivity index (χ2n) is 3.13. The van der Waals surface area contributed by atoms with E-state index in [1.165, 1.54) is 6.92 Å². The number of carbonyl (C=O) groups is 2. The lowest BCUT2D eigenvalue weighted by Gasteiger charge is -2.13. The van der Waals surface area contributed by atoms with E-state index in [9.17, 15) is 9.59 Å². The van der Waals surface area contributed by atoms with E-state index in [0.29, 0.717) is 5.75 Å². The van der Waals surface area contributed by atoms with Crippen LogP contribution >= 0.6 is 0 Å². The largest absolute Gasteiger partial charge is 0.439 e. The van der Waals surface area contributed by atoms with E-state index in [4.69, 9.17) is 9.47 Å². The van der Waals surface area contributed by atoms with Gasteiger partial charge in [-0.05, 0) is 19.1 Å². The Bertz CT molecular complexity index is 402. The van der Waals surface area contributed by atoms with Crippen LogP contribution in [0.15, 0.2) is 43.0 Å². The summed E-state index contributed by atoms with van der Waals surface area (Å²) >= 11 is 0. The second kappa shape index (κ2) is 6.32. The first-order valence-electron chi connectivity index (χ1n) is 4.98. The van der Waals surface area contributed by atoms with Crippen LogP contribution in [0.2, 0.25) is 0 Å². The van der Waals surface area contributed by atoms with Gasteiger partial charge in [0.1, 0.15) is 5.75 Å². The Hall–Kier alpha value is -2.30. The maximum absolute atomic E-state index is 11.3. The molecule has 0 aromatic heterocycles. The van der Waals surface area contributed by atoms with E-state index in [0.717, 1.165) is 6.08 Å². The van der Waals surface area contributed by atoms with Gasteiger partial charge in [0.25, 0.3) is 0 Å². The van der Waals surface area contributed by atoms with Crippen LogP contribution in [-0.2, 0) is 9.53 Å². The highest BCUT2D eigenvalue weighted by Crippen LogP contribution is 2.08. The molecule has 0 spiro atoms. The van der Waals surface area contributed by atoms with Crippen molar-refractivity contribution in [3.63, 3.8) is 0 Å². The van der Waals surface area contributed by atoms with Gasteiger partial charge < -0.3 is 9.47 Å². The van der Waals surface area contributed by atoms with Crippen LogP contribution in [0.4, 0.5) is 4.79 Å². The van der Waals surface area contributed by atoms with Gasteiger partial charge in [0.05, 0.1) is 0 Å². The Morgan fingerprint density at radius 2 is 2.00 bits per heavy atom. The van der Waals surface area contributed by atoms with Gasteiger partial charge in [0.15, 0.2) is 6.23 Å². The van der Waals surface area contributed by atoms with E-state index in [-0.39, 0.29) is 0 Å². The van der Waals surface area contributed by atoms with E-state index in [1.807, 2.05) is 0 Å². The standard InChI is InChI=1S/C12H13NO4/c1-3-11(14)16-9(2)13-12(15)17-10-7-5-4-6-8-10/h3-9H,1H2,2H3,(H,13,15). The highest BCUT2D eigenvalue weighted by molar-refractivity contribution is 5.81. The summed E-state index contributed by atoms with van der Waals surface area (Å²) in [4.78, 5) is 22.2. The maximum atomic E-state index is 11.3. The topological polar surface area (TPSA) is 64.6 Å². The van der Waals surface area contributed by atoms with Gasteiger partial charge in [-0.1, -0.05) is 24.8 Å². The van der Waals surface area contributed by atoms with Crippen LogP contribution in [0.25, 0.3) is 0 Å². The van der Waals surface area contributed by atoms with Crippen molar-refractivity contribution in [2.75, 3.05) is 0 Å². The summed E-state index contributed by atoms with van der Waals surface area (Å²) in [5, 5.41) is 2.34. The Labute approximate surface area is 99.0 Å². The molecule has 1 atom stereocenters. The molecule has 1 unspecified atom stereocenters. The van der Waals surface area contributed by atoms with Crippen molar-refractivity contribution in [2.24, 2.45) is 0 Å². The smallest absolute Gasteiger partial charge is 0.415 e. The van der Waals surface area contributed by atoms with Crippen molar-refractivity contribution in [1.82, 2.24) is 5.32 Å². The molecule has 1 amide bonds. The molecule has 0 aliphatic rings. The number of esters is 1. The van der Waals surface area contributed by atoms with Gasteiger partial charge in [-0.2, -0.15) is 0 Å². The molecule has 0 saturated carbocycles. The van der Waals surface area contributed by atoms with Crippen LogP contribution in [0.3, 0.4) is 0 Å². The molecule has 1 N–H and O–H groups in total. The number of benzene rings is 1. The lowest BCUT2D eigenvalue weighted by Crippen LogP contribution is -2.37. The fourth-order valence-corrected chi connectivity index (χ4v) is 1.04. The van der Waals surface area contributed by atoms with Gasteiger partial charge in [-0.25, -0.2) is 9.59 Å². The molecule has 1 aromatic carbocycles. The Morgan fingerprint density at radius 1 is 1.35 bits per heavy atom. The highest BCUT2D eigenvalue weighted by Gasteiger charge is 2.11. The van der Waals surface area contributed by atoms with Crippen molar-refractivity contribution >= 4 is 12.1 Å². The van der Waals surface area contributed by atoms with Crippen molar-refractivity contribution in [2.45, 2.75) is 13.2 Å². The third-order valence-corrected chi connectivity index (χ3v) is 1.73. The van der Waals surface area contributed by atoms with Gasteiger partial charge in [-0.3, -0.25) is 5.32 Å². The zero-order chi connectivity index (χ0) is 12.7. The summed E-state index contributed by atoms with van der Waals surface area (Å²) in [7, 11) is 0. The van der Waals surface area contributed by atoms with Crippen LogP contribution in [0.5, 0.6) is 5.75 Å². The molecule has 0 radical (unpaired) electrons. The lowest BCUT2D eigenvalue weighted by molar-refractivity contribution is -0.143. The van der Waals surface area contributed by atoms with Crippen LogP contribution in [0.1, 0.15) is 6.92 Å². The summed E-state index contributed by atoms with van der Waals surface area (Å²) in [6, 6.07) is 8.56. The minimum absolute atomic E-state index is 0.409. The molecule has 17 heavy (non-hydrogen) atoms. The summed E-state index contributed by atoms with van der Waals surface area (Å²) in [6.45, 7) is 4.75. The second-order valence-corrected chi connectivity index (χ2v) is 3.13. The number of para-hydroxylation sites is 1. The predicted molar refractivity (Wildman–Crippen MR) is 61.4 cm³/mol. The van der Waals surface area contributed by atoms with Crippen molar-refractivity contribution < 1.29 is 19.1 Å². The van der Waals surface area contributed by atoms with E-state index < -0.39 is 18.3 Å². The maximum Gasteiger partial charge on any atom is 0.415 e. The zero-order valence-electron chi connectivity index (χ0n) is 9.38. The molecule has 0 aliphatic carbocycles. The van der Waals surface area contributed by atoms with E-state index in [1.54, 1.807) is 30.3 Å². The molecule has 5 heteroatoms. The minimum atomic E-state index is -0.781. The fraction of sp³-hybridized carbons (Fsp3) is 0.167. The number of hydrogen-bond donors (Lipinski definition) is 1. The summed E-state index contributed by atoms with van der Waals surface area (Å²) in [5.41, 5.74) is 0. The molecule has 0 heterocycles. The zero-order valence-corrected chi connectivity index (χ0v) is 9.38. The first kappa shape index (κ1) is 12.8. The quantitative estimate of drug-likeness (QED) is 0.491. The molecule has 1 rings (SSSR count). The van der Waals surface area contributed by atoms with E-state index >= 15 is 0 Å². The lowest BCUT2D eigenvalue weighted by atomic mass is 10.3. The molecule has 5 nitrogen and oxygen atoms in total. The van der Waals surface area contributed by atoms with Crippen molar-refractivity contribution in [1.29, 1.82) is 0 Å². The first-order valence-corrected chi connectivity index (χ1v) is 4.98. The molecule has 0 bridgehead atoms. The normalized spacial score (nSPS) is 11.1. The molecule has 1 aromatic rings. The fourth-order valence-electron chi connectivity index (χ4n) is 1.04. The minimum Gasteiger partial charge on any atom is -0.439 e. The average Bonchev–Trinajstić information content (AvgIpc) is 2.29. The number of rotatable bonds is 4. The van der Waals surface area contributed by atoms with Crippen molar-refractivity contribution in [3.8, 4) is 5.75 Å². The Balaban J connectivity index is 2.39. The van der Waals surface area contributed by atoms with Crippen LogP contribution in [-0.4, -0.2) is 18.3 Å². The predicted octanol–water partition coefficient (Wildman–Crippen LogP) is 1.85. The molecule has 0 fully saturated rings. The SMILES string of the molecule is C=CC(=O)OC(C)NC(=O)Oc1ccccc1. The van der Waals surface area contributed by atoms with E-state index in [2.05, 4.69) is 11.9 Å². The number of carbonyl (C=O) groups excluding carboxylic acids is 2. The van der Waals surface area contributed by atoms with Gasteiger partial charge >= 0.3 is 12.1 Å². The van der Waals surface area contributed by atoms with Gasteiger partial charge in [-0.15, -0.1) is 0 Å². The van der Waals surface area contributed by atoms with Crippen LogP contribution in [0, 0.1) is 0 Å². The average molecular weight is 235 g/mol. The summed E-state index contributed by atoms with van der Waals surface area (Å²) in [5.74, 6) is -0.204. The third-order valence-electron chi connectivity index (χ3n) is 1.73. The number of nitrogens with one attached hydrogen (secondary N) is 1. The highest BCUT2D eigenvalue weighted by atomic mass is 16.6. The monoisotopic (exact) mass is 235 g/mol. The van der Waals surface area contributed by atoms with Gasteiger partial charge in [0, 0.05) is 6.08 Å². The summed E-state index contributed by atoms with van der Waals surface area (Å²) < 4.78 is 9.67. The number of hydrogen-bond acceptors (Lipinski definition) is 4. The Morgan fingerprint density at radius 3 is 2.59 bits per heavy atom. The molecular weight excluding hydrogens is 222 g/mol. The summed E-state index contributed by atoms with van der Waals surface area (Å²) in [6.07, 6.45) is -0.460. The van der Waals surface area contributed by atoms with Gasteiger partial charge in [0.2, 0.25) is 0 Å². The van der Waals surface area contributed by atoms with Crippen LogP contribution < -0.4 is 10.1 Å². The molecule has 90 valence electrons. The molecule has 0 saturated heterocycles. The number of ether oxygens (including phenoxy) is 2. The molecule has 0 aliphatic heterocycles. The molecular formula is C12H13NO4. The van der Waals surface area contributed by atoms with Crippen molar-refractivity contribution in [3.05, 3.63) is 43.0 Å². The third kappa shape index (κ3) is 4.83. The first-order chi connectivity index (χ1) is 8.11.